The van der Waals surface area contributed by atoms with Crippen LogP contribution in [0.25, 0.3) is 0 Å². The van der Waals surface area contributed by atoms with Gasteiger partial charge in [-0.05, 0) is 59.3 Å². The largest absolute Gasteiger partial charge is 0.371 e. The van der Waals surface area contributed by atoms with Crippen LogP contribution in [0.4, 0.5) is 5.69 Å². The molecule has 2 rings (SSSR count). The van der Waals surface area contributed by atoms with E-state index in [1.807, 2.05) is 6.07 Å². The highest BCUT2D eigenvalue weighted by atomic mass is 79.9. The fourth-order valence-corrected chi connectivity index (χ4v) is 3.37. The Morgan fingerprint density at radius 1 is 1.37 bits per heavy atom. The Morgan fingerprint density at radius 2 is 2.21 bits per heavy atom. The Kier molecular flexibility index (Phi) is 5.27. The minimum absolute atomic E-state index is 0.711. The van der Waals surface area contributed by atoms with E-state index in [1.54, 1.807) is 0 Å². The monoisotopic (exact) mass is 320 g/mol. The van der Waals surface area contributed by atoms with Crippen molar-refractivity contribution >= 4 is 21.6 Å². The van der Waals surface area contributed by atoms with Gasteiger partial charge in [-0.1, -0.05) is 19.8 Å². The van der Waals surface area contributed by atoms with Crippen LogP contribution < -0.4 is 4.90 Å². The molecule has 0 radical (unpaired) electrons. The number of hydrogen-bond donors (Lipinski definition) is 0. The van der Waals surface area contributed by atoms with E-state index in [0.29, 0.717) is 5.56 Å². The molecule has 1 aliphatic heterocycles. The normalized spacial score (nSPS) is 19.8. The molecule has 1 aromatic rings. The maximum atomic E-state index is 8.96. The summed E-state index contributed by atoms with van der Waals surface area (Å²) in [7, 11) is 0. The van der Waals surface area contributed by atoms with Crippen LogP contribution in [0.5, 0.6) is 0 Å². The van der Waals surface area contributed by atoms with Crippen LogP contribution in [-0.4, -0.2) is 13.1 Å². The molecule has 1 saturated heterocycles. The molecule has 0 aromatic heterocycles. The number of benzene rings is 1. The summed E-state index contributed by atoms with van der Waals surface area (Å²) in [6.45, 7) is 4.56. The van der Waals surface area contributed by atoms with Gasteiger partial charge in [-0.15, -0.1) is 0 Å². The molecule has 102 valence electrons. The maximum absolute atomic E-state index is 8.96. The molecule has 3 heteroatoms. The first kappa shape index (κ1) is 14.4. The zero-order chi connectivity index (χ0) is 13.7. The number of hydrogen-bond acceptors (Lipinski definition) is 2. The first-order valence-corrected chi connectivity index (χ1v) is 7.98. The molecule has 0 N–H and O–H groups in total. The smallest absolute Gasteiger partial charge is 0.100 e. The lowest BCUT2D eigenvalue weighted by molar-refractivity contribution is 0.435. The number of nitriles is 1. The summed E-state index contributed by atoms with van der Waals surface area (Å²) in [5, 5.41) is 8.96. The molecule has 1 aliphatic rings. The topological polar surface area (TPSA) is 27.0 Å². The van der Waals surface area contributed by atoms with Crippen molar-refractivity contribution in [1.29, 1.82) is 5.26 Å². The Hall–Kier alpha value is -1.01. The Labute approximate surface area is 124 Å². The Balaban J connectivity index is 2.06. The van der Waals surface area contributed by atoms with Crippen LogP contribution in [0.1, 0.15) is 44.6 Å². The van der Waals surface area contributed by atoms with E-state index in [2.05, 4.69) is 46.0 Å². The van der Waals surface area contributed by atoms with Crippen molar-refractivity contribution in [2.45, 2.75) is 39.0 Å². The average molecular weight is 321 g/mol. The van der Waals surface area contributed by atoms with Gasteiger partial charge < -0.3 is 4.90 Å². The first-order chi connectivity index (χ1) is 9.24. The lowest BCUT2D eigenvalue weighted by atomic mass is 9.96. The summed E-state index contributed by atoms with van der Waals surface area (Å²) < 4.78 is 0.904. The van der Waals surface area contributed by atoms with Crippen molar-refractivity contribution < 1.29 is 0 Å². The second-order valence-electron chi connectivity index (χ2n) is 5.35. The van der Waals surface area contributed by atoms with Crippen LogP contribution in [0.2, 0.25) is 0 Å². The molecular weight excluding hydrogens is 300 g/mol. The lowest BCUT2D eigenvalue weighted by Gasteiger charge is -2.23. The summed E-state index contributed by atoms with van der Waals surface area (Å²) in [4.78, 5) is 2.46. The molecule has 1 fully saturated rings. The fraction of sp³-hybridized carbons (Fsp3) is 0.562. The average Bonchev–Trinajstić information content (AvgIpc) is 2.65. The number of halogens is 1. The van der Waals surface area contributed by atoms with Gasteiger partial charge in [-0.2, -0.15) is 5.26 Å². The van der Waals surface area contributed by atoms with Crippen molar-refractivity contribution in [3.8, 4) is 6.07 Å². The van der Waals surface area contributed by atoms with Gasteiger partial charge in [0, 0.05) is 23.2 Å². The van der Waals surface area contributed by atoms with Gasteiger partial charge in [0.05, 0.1) is 5.56 Å². The summed E-state index contributed by atoms with van der Waals surface area (Å²) in [6.07, 6.45) is 6.60. The third-order valence-corrected chi connectivity index (χ3v) is 4.64. The summed E-state index contributed by atoms with van der Waals surface area (Å²) in [5.41, 5.74) is 1.95. The zero-order valence-electron chi connectivity index (χ0n) is 11.5. The zero-order valence-corrected chi connectivity index (χ0v) is 13.1. The second-order valence-corrected chi connectivity index (χ2v) is 6.20. The maximum Gasteiger partial charge on any atom is 0.100 e. The van der Waals surface area contributed by atoms with Gasteiger partial charge in [0.15, 0.2) is 0 Å². The molecule has 0 saturated carbocycles. The van der Waals surface area contributed by atoms with E-state index < -0.39 is 0 Å². The first-order valence-electron chi connectivity index (χ1n) is 7.19. The molecule has 1 heterocycles. The van der Waals surface area contributed by atoms with Crippen LogP contribution in [0.15, 0.2) is 22.7 Å². The highest BCUT2D eigenvalue weighted by Crippen LogP contribution is 2.28. The van der Waals surface area contributed by atoms with Crippen molar-refractivity contribution in [1.82, 2.24) is 0 Å². The lowest BCUT2D eigenvalue weighted by Crippen LogP contribution is -2.24. The predicted octanol–water partition coefficient (Wildman–Crippen LogP) is 4.73. The quantitative estimate of drug-likeness (QED) is 0.805. The minimum atomic E-state index is 0.711. The van der Waals surface area contributed by atoms with Crippen molar-refractivity contribution in [2.75, 3.05) is 18.0 Å². The SMILES string of the molecule is CCCC1CCCN(c2ccc(C#N)c(Br)c2)CC1. The van der Waals surface area contributed by atoms with Crippen LogP contribution >= 0.6 is 15.9 Å². The van der Waals surface area contributed by atoms with Crippen LogP contribution in [0.3, 0.4) is 0 Å². The molecule has 1 unspecified atom stereocenters. The molecule has 0 aliphatic carbocycles. The van der Waals surface area contributed by atoms with Crippen LogP contribution in [0, 0.1) is 17.2 Å². The number of anilines is 1. The van der Waals surface area contributed by atoms with Gasteiger partial charge in [0.2, 0.25) is 0 Å². The molecule has 19 heavy (non-hydrogen) atoms. The second kappa shape index (κ2) is 6.96. The molecular formula is C16H21BrN2. The summed E-state index contributed by atoms with van der Waals surface area (Å²) in [5.74, 6) is 0.900. The van der Waals surface area contributed by atoms with Gasteiger partial charge in [-0.3, -0.25) is 0 Å². The van der Waals surface area contributed by atoms with E-state index >= 15 is 0 Å². The predicted molar refractivity (Wildman–Crippen MR) is 83.3 cm³/mol. The van der Waals surface area contributed by atoms with E-state index in [4.69, 9.17) is 5.26 Å². The molecule has 0 amide bonds. The minimum Gasteiger partial charge on any atom is -0.371 e. The van der Waals surface area contributed by atoms with Crippen molar-refractivity contribution in [2.24, 2.45) is 5.92 Å². The van der Waals surface area contributed by atoms with Gasteiger partial charge in [0.25, 0.3) is 0 Å². The standard InChI is InChI=1S/C16H21BrN2/c1-2-4-13-5-3-9-19(10-8-13)15-7-6-14(12-18)16(17)11-15/h6-7,11,13H,2-5,8-10H2,1H3. The van der Waals surface area contributed by atoms with E-state index in [0.717, 1.165) is 23.5 Å². The van der Waals surface area contributed by atoms with E-state index in [9.17, 15) is 0 Å². The van der Waals surface area contributed by atoms with Gasteiger partial charge in [-0.25, -0.2) is 0 Å². The third kappa shape index (κ3) is 3.73. The van der Waals surface area contributed by atoms with Gasteiger partial charge >= 0.3 is 0 Å². The fourth-order valence-electron chi connectivity index (χ4n) is 2.91. The van der Waals surface area contributed by atoms with Crippen molar-refractivity contribution in [3.63, 3.8) is 0 Å². The number of rotatable bonds is 3. The summed E-state index contributed by atoms with van der Waals surface area (Å²) in [6, 6.07) is 8.26. The highest BCUT2D eigenvalue weighted by molar-refractivity contribution is 9.10. The Bertz CT molecular complexity index is 464. The third-order valence-electron chi connectivity index (χ3n) is 3.98. The van der Waals surface area contributed by atoms with Crippen LogP contribution in [-0.2, 0) is 0 Å². The summed E-state index contributed by atoms with van der Waals surface area (Å²) >= 11 is 3.48. The molecule has 0 spiro atoms. The Morgan fingerprint density at radius 3 is 2.89 bits per heavy atom. The highest BCUT2D eigenvalue weighted by Gasteiger charge is 2.17. The van der Waals surface area contributed by atoms with E-state index in [1.165, 1.54) is 37.8 Å². The van der Waals surface area contributed by atoms with Crippen molar-refractivity contribution in [3.05, 3.63) is 28.2 Å². The van der Waals surface area contributed by atoms with E-state index in [-0.39, 0.29) is 0 Å². The van der Waals surface area contributed by atoms with Gasteiger partial charge in [0.1, 0.15) is 6.07 Å². The molecule has 0 bridgehead atoms. The molecule has 1 atom stereocenters. The molecule has 2 nitrogen and oxygen atoms in total. The molecule has 1 aromatic carbocycles. The number of nitrogens with zero attached hydrogens (tertiary/aromatic N) is 2.